The Hall–Kier alpha value is -3.92. The normalized spacial score (nSPS) is 18.0. The van der Waals surface area contributed by atoms with Gasteiger partial charge < -0.3 is 15.0 Å². The third-order valence-corrected chi connectivity index (χ3v) is 6.48. The maximum absolute atomic E-state index is 13.5. The molecule has 0 aliphatic heterocycles. The third kappa shape index (κ3) is 4.69. The molecule has 10 nitrogen and oxygen atoms in total. The predicted molar refractivity (Wildman–Crippen MR) is 129 cm³/mol. The Morgan fingerprint density at radius 3 is 2.69 bits per heavy atom. The average Bonchev–Trinajstić information content (AvgIpc) is 3.38. The summed E-state index contributed by atoms with van der Waals surface area (Å²) in [4.78, 5) is 38.8. The van der Waals surface area contributed by atoms with Gasteiger partial charge in [0.25, 0.3) is 0 Å². The van der Waals surface area contributed by atoms with Gasteiger partial charge in [-0.2, -0.15) is 5.10 Å². The quantitative estimate of drug-likeness (QED) is 0.412. The molecule has 4 aromatic heterocycles. The van der Waals surface area contributed by atoms with Gasteiger partial charge in [-0.15, -0.1) is 0 Å². The number of amides is 1. The number of anilines is 1. The lowest BCUT2D eigenvalue weighted by atomic mass is 9.93. The van der Waals surface area contributed by atoms with Crippen molar-refractivity contribution in [3.8, 4) is 0 Å². The van der Waals surface area contributed by atoms with Gasteiger partial charge >= 0.3 is 0 Å². The number of hydrogen-bond donors (Lipinski definition) is 2. The first-order valence-corrected chi connectivity index (χ1v) is 11.7. The van der Waals surface area contributed by atoms with Gasteiger partial charge in [0.05, 0.1) is 17.4 Å². The van der Waals surface area contributed by atoms with E-state index in [1.807, 2.05) is 30.7 Å². The number of ketones is 1. The molecule has 0 radical (unpaired) electrons. The molecule has 1 saturated carbocycles. The number of carbonyl (C=O) groups excluding carboxylic acids is 2. The molecule has 4 heterocycles. The van der Waals surface area contributed by atoms with Crippen molar-refractivity contribution in [3.63, 3.8) is 0 Å². The molecule has 1 aliphatic rings. The summed E-state index contributed by atoms with van der Waals surface area (Å²) in [6.45, 7) is 3.82. The molecule has 180 valence electrons. The standard InChI is InChI=1S/C25H27N7O3/c1-15-9-16(2)32(30-15)13-23(34)29-22-10-17(7-8-27-22)24(35)21-12-31(18-3-5-19(33)6-4-18)25-20(21)11-26-14-28-25/h7-12,14,18-19,33H,3-6,13H2,1-2H3,(H,27,29,34). The van der Waals surface area contributed by atoms with Crippen LogP contribution in [-0.4, -0.2) is 52.2 Å². The number of carbonyl (C=O) groups is 2. The zero-order chi connectivity index (χ0) is 24.5. The molecule has 35 heavy (non-hydrogen) atoms. The molecule has 5 rings (SSSR count). The molecular formula is C25H27N7O3. The average molecular weight is 474 g/mol. The Balaban J connectivity index is 1.39. The van der Waals surface area contributed by atoms with Crippen molar-refractivity contribution in [2.75, 3.05) is 5.32 Å². The van der Waals surface area contributed by atoms with Crippen LogP contribution in [0.3, 0.4) is 0 Å². The van der Waals surface area contributed by atoms with Crippen molar-refractivity contribution in [2.24, 2.45) is 0 Å². The Bertz CT molecular complexity index is 1400. The lowest BCUT2D eigenvalue weighted by Gasteiger charge is -2.26. The summed E-state index contributed by atoms with van der Waals surface area (Å²) in [5.41, 5.74) is 3.34. The van der Waals surface area contributed by atoms with E-state index in [1.54, 1.807) is 23.0 Å². The summed E-state index contributed by atoms with van der Waals surface area (Å²) in [5.74, 6) is -0.183. The fourth-order valence-corrected chi connectivity index (χ4v) is 4.73. The first-order chi connectivity index (χ1) is 16.9. The number of nitrogens with one attached hydrogen (secondary N) is 1. The molecule has 10 heteroatoms. The topological polar surface area (TPSA) is 128 Å². The van der Waals surface area contributed by atoms with E-state index in [0.29, 0.717) is 28.0 Å². The van der Waals surface area contributed by atoms with Gasteiger partial charge in [0.2, 0.25) is 5.91 Å². The first kappa shape index (κ1) is 22.9. The number of rotatable bonds is 6. The van der Waals surface area contributed by atoms with Crippen molar-refractivity contribution in [3.05, 3.63) is 65.6 Å². The molecule has 2 N–H and O–H groups in total. The van der Waals surface area contributed by atoms with Crippen LogP contribution in [0.4, 0.5) is 5.82 Å². The van der Waals surface area contributed by atoms with Gasteiger partial charge in [-0.1, -0.05) is 0 Å². The van der Waals surface area contributed by atoms with E-state index in [1.165, 1.54) is 12.5 Å². The molecule has 1 amide bonds. The van der Waals surface area contributed by atoms with Crippen LogP contribution in [0.25, 0.3) is 11.0 Å². The van der Waals surface area contributed by atoms with E-state index in [4.69, 9.17) is 0 Å². The predicted octanol–water partition coefficient (Wildman–Crippen LogP) is 2.99. The Labute approximate surface area is 202 Å². The maximum atomic E-state index is 13.5. The van der Waals surface area contributed by atoms with Gasteiger partial charge in [-0.05, 0) is 57.7 Å². The monoisotopic (exact) mass is 473 g/mol. The van der Waals surface area contributed by atoms with Gasteiger partial charge in [-0.25, -0.2) is 15.0 Å². The molecule has 0 bridgehead atoms. The minimum absolute atomic E-state index is 0.0560. The molecule has 4 aromatic rings. The van der Waals surface area contributed by atoms with Crippen LogP contribution >= 0.6 is 0 Å². The molecule has 0 aromatic carbocycles. The lowest BCUT2D eigenvalue weighted by Crippen LogP contribution is -2.21. The summed E-state index contributed by atoms with van der Waals surface area (Å²) in [6.07, 6.45) is 9.31. The fourth-order valence-electron chi connectivity index (χ4n) is 4.73. The number of aliphatic hydroxyl groups is 1. The molecule has 1 aliphatic carbocycles. The maximum Gasteiger partial charge on any atom is 0.247 e. The smallest absolute Gasteiger partial charge is 0.247 e. The van der Waals surface area contributed by atoms with Crippen LogP contribution in [0.2, 0.25) is 0 Å². The molecular weight excluding hydrogens is 446 g/mol. The van der Waals surface area contributed by atoms with Crippen LogP contribution in [0.1, 0.15) is 59.0 Å². The van der Waals surface area contributed by atoms with Crippen molar-refractivity contribution in [1.29, 1.82) is 0 Å². The zero-order valence-corrected chi connectivity index (χ0v) is 19.7. The molecule has 1 fully saturated rings. The summed E-state index contributed by atoms with van der Waals surface area (Å²) in [7, 11) is 0. The Kier molecular flexibility index (Phi) is 6.12. The van der Waals surface area contributed by atoms with Gasteiger partial charge in [-0.3, -0.25) is 14.3 Å². The highest BCUT2D eigenvalue weighted by Gasteiger charge is 2.25. The van der Waals surface area contributed by atoms with Gasteiger partial charge in [0.15, 0.2) is 5.78 Å². The highest BCUT2D eigenvalue weighted by Crippen LogP contribution is 2.33. The molecule has 0 saturated heterocycles. The van der Waals surface area contributed by atoms with Crippen molar-refractivity contribution < 1.29 is 14.7 Å². The highest BCUT2D eigenvalue weighted by molar-refractivity contribution is 6.16. The molecule has 0 spiro atoms. The number of aryl methyl sites for hydroxylation is 2. The van der Waals surface area contributed by atoms with Crippen LogP contribution in [0.15, 0.2) is 43.1 Å². The van der Waals surface area contributed by atoms with Gasteiger partial charge in [0.1, 0.15) is 24.3 Å². The highest BCUT2D eigenvalue weighted by atomic mass is 16.3. The van der Waals surface area contributed by atoms with Crippen LogP contribution in [-0.2, 0) is 11.3 Å². The second kappa shape index (κ2) is 9.38. The Morgan fingerprint density at radius 2 is 1.94 bits per heavy atom. The number of nitrogens with zero attached hydrogens (tertiary/aromatic N) is 6. The van der Waals surface area contributed by atoms with Crippen LogP contribution < -0.4 is 5.32 Å². The summed E-state index contributed by atoms with van der Waals surface area (Å²) < 4.78 is 3.66. The number of hydrogen-bond acceptors (Lipinski definition) is 7. The molecule has 0 atom stereocenters. The van der Waals surface area contributed by atoms with E-state index < -0.39 is 0 Å². The summed E-state index contributed by atoms with van der Waals surface area (Å²) in [6, 6.07) is 5.27. The van der Waals surface area contributed by atoms with E-state index in [0.717, 1.165) is 37.1 Å². The second-order valence-electron chi connectivity index (χ2n) is 9.06. The summed E-state index contributed by atoms with van der Waals surface area (Å²) >= 11 is 0. The first-order valence-electron chi connectivity index (χ1n) is 11.7. The number of pyridine rings is 1. The lowest BCUT2D eigenvalue weighted by molar-refractivity contribution is -0.117. The fraction of sp³-hybridized carbons (Fsp3) is 0.360. The SMILES string of the molecule is Cc1cc(C)n(CC(=O)Nc2cc(C(=O)c3cn(C4CCC(O)CC4)c4ncncc34)ccn2)n1. The van der Waals surface area contributed by atoms with Crippen LogP contribution in [0.5, 0.6) is 0 Å². The van der Waals surface area contributed by atoms with Gasteiger partial charge in [0, 0.05) is 41.3 Å². The number of fused-ring (bicyclic) bond motifs is 1. The molecule has 0 unspecified atom stereocenters. The van der Waals surface area contributed by atoms with Crippen molar-refractivity contribution in [1.82, 2.24) is 29.3 Å². The minimum atomic E-state index is -0.280. The van der Waals surface area contributed by atoms with Crippen LogP contribution in [0, 0.1) is 13.8 Å². The largest absolute Gasteiger partial charge is 0.393 e. The van der Waals surface area contributed by atoms with Crippen molar-refractivity contribution >= 4 is 28.5 Å². The van der Waals surface area contributed by atoms with E-state index in [9.17, 15) is 14.7 Å². The number of aromatic nitrogens is 6. The Morgan fingerprint density at radius 1 is 1.14 bits per heavy atom. The number of aliphatic hydroxyl groups excluding tert-OH is 1. The zero-order valence-electron chi connectivity index (χ0n) is 19.7. The summed E-state index contributed by atoms with van der Waals surface area (Å²) in [5, 5.41) is 17.6. The third-order valence-electron chi connectivity index (χ3n) is 6.48. The van der Waals surface area contributed by atoms with Crippen molar-refractivity contribution in [2.45, 2.75) is 58.2 Å². The van der Waals surface area contributed by atoms with E-state index in [-0.39, 0.29) is 30.4 Å². The second-order valence-corrected chi connectivity index (χ2v) is 9.06. The van der Waals surface area contributed by atoms with E-state index in [2.05, 4.69) is 25.4 Å². The minimum Gasteiger partial charge on any atom is -0.393 e. The van der Waals surface area contributed by atoms with E-state index >= 15 is 0 Å².